The monoisotopic (exact) mass is 336 g/mol. The fourth-order valence-corrected chi connectivity index (χ4v) is 4.15. The van der Waals surface area contributed by atoms with E-state index in [1.807, 2.05) is 0 Å². The van der Waals surface area contributed by atoms with Crippen LogP contribution in [0.1, 0.15) is 68.9 Å². The Morgan fingerprint density at radius 2 is 1.40 bits per heavy atom. The van der Waals surface area contributed by atoms with Crippen LogP contribution < -0.4 is 0 Å². The van der Waals surface area contributed by atoms with Crippen molar-refractivity contribution in [2.45, 2.75) is 63.9 Å². The molecule has 1 aliphatic carbocycles. The fourth-order valence-electron chi connectivity index (χ4n) is 4.15. The van der Waals surface area contributed by atoms with Crippen LogP contribution in [0.15, 0.2) is 60.7 Å². The van der Waals surface area contributed by atoms with E-state index < -0.39 is 0 Å². The van der Waals surface area contributed by atoms with Crippen LogP contribution in [0.3, 0.4) is 0 Å². The van der Waals surface area contributed by atoms with Gasteiger partial charge >= 0.3 is 0 Å². The molecule has 0 aliphatic heterocycles. The van der Waals surface area contributed by atoms with Crippen molar-refractivity contribution in [3.8, 4) is 0 Å². The van der Waals surface area contributed by atoms with E-state index in [-0.39, 0.29) is 6.10 Å². The quantitative estimate of drug-likeness (QED) is 0.529. The van der Waals surface area contributed by atoms with Crippen LogP contribution in [0.5, 0.6) is 0 Å². The number of hydrogen-bond acceptors (Lipinski definition) is 1. The van der Waals surface area contributed by atoms with Gasteiger partial charge in [-0.3, -0.25) is 0 Å². The van der Waals surface area contributed by atoms with Gasteiger partial charge in [-0.2, -0.15) is 0 Å². The van der Waals surface area contributed by atoms with Gasteiger partial charge in [0.1, 0.15) is 0 Å². The van der Waals surface area contributed by atoms with Crippen LogP contribution in [0.4, 0.5) is 0 Å². The maximum atomic E-state index is 6.22. The average Bonchev–Trinajstić information content (AvgIpc) is 2.68. The topological polar surface area (TPSA) is 9.23 Å². The van der Waals surface area contributed by atoms with Crippen molar-refractivity contribution in [3.05, 3.63) is 71.8 Å². The Kier molecular flexibility index (Phi) is 7.11. The molecule has 1 saturated carbocycles. The highest BCUT2D eigenvalue weighted by Gasteiger charge is 2.18. The molecule has 25 heavy (non-hydrogen) atoms. The first kappa shape index (κ1) is 18.2. The summed E-state index contributed by atoms with van der Waals surface area (Å²) >= 11 is 0. The Balaban J connectivity index is 1.56. The molecule has 1 fully saturated rings. The molecule has 1 aliphatic rings. The second kappa shape index (κ2) is 9.77. The van der Waals surface area contributed by atoms with Crippen molar-refractivity contribution in [3.63, 3.8) is 0 Å². The minimum absolute atomic E-state index is 0.286. The summed E-state index contributed by atoms with van der Waals surface area (Å²) in [4.78, 5) is 0. The van der Waals surface area contributed by atoms with Gasteiger partial charge in [0, 0.05) is 12.5 Å². The maximum Gasteiger partial charge on any atom is 0.0556 e. The number of hydrogen-bond donors (Lipinski definition) is 0. The molecule has 0 saturated heterocycles. The minimum Gasteiger partial charge on any atom is -0.378 e. The number of rotatable bonds is 8. The molecule has 0 heterocycles. The van der Waals surface area contributed by atoms with Gasteiger partial charge in [0.2, 0.25) is 0 Å². The number of benzene rings is 2. The molecule has 134 valence electrons. The second-order valence-electron chi connectivity index (χ2n) is 7.58. The third-order valence-corrected chi connectivity index (χ3v) is 5.62. The Morgan fingerprint density at radius 3 is 1.96 bits per heavy atom. The van der Waals surface area contributed by atoms with Crippen molar-refractivity contribution in [1.29, 1.82) is 0 Å². The van der Waals surface area contributed by atoms with Crippen molar-refractivity contribution < 1.29 is 4.74 Å². The standard InChI is InChI=1S/C24H32O/c1-20(25-18-17-21-11-5-2-6-12-21)19-24(22-13-7-3-8-14-22)23-15-9-4-10-16-23/h3-4,7-10,13-16,20-21,24H,2,5-6,11-12,17-19H2,1H3. The fraction of sp³-hybridized carbons (Fsp3) is 0.500. The predicted octanol–water partition coefficient (Wildman–Crippen LogP) is 6.58. The Bertz CT molecular complexity index is 547. The summed E-state index contributed by atoms with van der Waals surface area (Å²) in [5, 5.41) is 0. The molecule has 0 aromatic heterocycles. The average molecular weight is 337 g/mol. The van der Waals surface area contributed by atoms with Gasteiger partial charge in [0.05, 0.1) is 6.10 Å². The summed E-state index contributed by atoms with van der Waals surface area (Å²) in [6.07, 6.45) is 9.67. The van der Waals surface area contributed by atoms with E-state index in [0.717, 1.165) is 18.9 Å². The first-order chi connectivity index (χ1) is 12.3. The molecule has 0 N–H and O–H groups in total. The molecular formula is C24H32O. The van der Waals surface area contributed by atoms with Crippen molar-refractivity contribution in [1.82, 2.24) is 0 Å². The van der Waals surface area contributed by atoms with Crippen molar-refractivity contribution in [2.75, 3.05) is 6.61 Å². The van der Waals surface area contributed by atoms with Gasteiger partial charge in [-0.05, 0) is 36.8 Å². The molecule has 0 amide bonds. The largest absolute Gasteiger partial charge is 0.378 e. The van der Waals surface area contributed by atoms with E-state index in [4.69, 9.17) is 4.74 Å². The molecule has 1 heteroatoms. The summed E-state index contributed by atoms with van der Waals surface area (Å²) in [6, 6.07) is 21.7. The Hall–Kier alpha value is -1.60. The molecule has 2 aromatic rings. The molecule has 1 unspecified atom stereocenters. The second-order valence-corrected chi connectivity index (χ2v) is 7.58. The summed E-state index contributed by atoms with van der Waals surface area (Å²) in [7, 11) is 0. The van der Waals surface area contributed by atoms with Crippen LogP contribution in [0.25, 0.3) is 0 Å². The van der Waals surface area contributed by atoms with Crippen LogP contribution in [-0.2, 0) is 4.74 Å². The summed E-state index contributed by atoms with van der Waals surface area (Å²) in [6.45, 7) is 3.15. The zero-order chi connectivity index (χ0) is 17.3. The highest BCUT2D eigenvalue weighted by Crippen LogP contribution is 2.30. The predicted molar refractivity (Wildman–Crippen MR) is 106 cm³/mol. The minimum atomic E-state index is 0.286. The van der Waals surface area contributed by atoms with E-state index in [1.165, 1.54) is 49.7 Å². The summed E-state index contributed by atoms with van der Waals surface area (Å²) < 4.78 is 6.22. The van der Waals surface area contributed by atoms with Gasteiger partial charge in [-0.1, -0.05) is 92.8 Å². The lowest BCUT2D eigenvalue weighted by atomic mass is 9.86. The van der Waals surface area contributed by atoms with Crippen LogP contribution in [0.2, 0.25) is 0 Å². The maximum absolute atomic E-state index is 6.22. The molecule has 1 atom stereocenters. The Labute approximate surface area is 153 Å². The van der Waals surface area contributed by atoms with Crippen LogP contribution in [0, 0.1) is 5.92 Å². The summed E-state index contributed by atoms with van der Waals surface area (Å²) in [5.41, 5.74) is 2.77. The van der Waals surface area contributed by atoms with E-state index in [2.05, 4.69) is 67.6 Å². The lowest BCUT2D eigenvalue weighted by molar-refractivity contribution is 0.0457. The molecule has 3 rings (SSSR count). The third kappa shape index (κ3) is 5.71. The smallest absolute Gasteiger partial charge is 0.0556 e. The first-order valence-corrected chi connectivity index (χ1v) is 10.0. The van der Waals surface area contributed by atoms with E-state index in [1.54, 1.807) is 0 Å². The normalized spacial score (nSPS) is 16.9. The lowest BCUT2D eigenvalue weighted by Gasteiger charge is -2.25. The van der Waals surface area contributed by atoms with Crippen LogP contribution >= 0.6 is 0 Å². The van der Waals surface area contributed by atoms with Gasteiger partial charge in [0.15, 0.2) is 0 Å². The van der Waals surface area contributed by atoms with Crippen molar-refractivity contribution in [2.24, 2.45) is 5.92 Å². The highest BCUT2D eigenvalue weighted by molar-refractivity contribution is 5.32. The highest BCUT2D eigenvalue weighted by atomic mass is 16.5. The number of ether oxygens (including phenoxy) is 1. The van der Waals surface area contributed by atoms with Gasteiger partial charge in [-0.15, -0.1) is 0 Å². The van der Waals surface area contributed by atoms with E-state index >= 15 is 0 Å². The third-order valence-electron chi connectivity index (χ3n) is 5.62. The molecule has 0 bridgehead atoms. The SMILES string of the molecule is CC(CC(c1ccccc1)c1ccccc1)OCCC1CCCCC1. The molecule has 0 radical (unpaired) electrons. The van der Waals surface area contributed by atoms with Crippen molar-refractivity contribution >= 4 is 0 Å². The van der Waals surface area contributed by atoms with Gasteiger partial charge in [-0.25, -0.2) is 0 Å². The van der Waals surface area contributed by atoms with Gasteiger partial charge in [0.25, 0.3) is 0 Å². The Morgan fingerprint density at radius 1 is 0.840 bits per heavy atom. The zero-order valence-corrected chi connectivity index (χ0v) is 15.6. The first-order valence-electron chi connectivity index (χ1n) is 10.0. The summed E-state index contributed by atoms with van der Waals surface area (Å²) in [5.74, 6) is 1.31. The molecule has 2 aromatic carbocycles. The molecular weight excluding hydrogens is 304 g/mol. The molecule has 0 spiro atoms. The zero-order valence-electron chi connectivity index (χ0n) is 15.6. The van der Waals surface area contributed by atoms with Crippen LogP contribution in [-0.4, -0.2) is 12.7 Å². The van der Waals surface area contributed by atoms with Gasteiger partial charge < -0.3 is 4.74 Å². The van der Waals surface area contributed by atoms with E-state index in [9.17, 15) is 0 Å². The molecule has 1 nitrogen and oxygen atoms in total. The lowest BCUT2D eigenvalue weighted by Crippen LogP contribution is -2.17. The van der Waals surface area contributed by atoms with E-state index in [0.29, 0.717) is 5.92 Å².